The number of carbonyl (C=O) groups excluding carboxylic acids is 2. The fourth-order valence-corrected chi connectivity index (χ4v) is 3.20. The van der Waals surface area contributed by atoms with Gasteiger partial charge in [-0.15, -0.1) is 0 Å². The Hall–Kier alpha value is -2.41. The number of nitrogens with two attached hydrogens (primary N) is 1. The molecule has 0 bridgehead atoms. The number of amides is 2. The highest BCUT2D eigenvalue weighted by molar-refractivity contribution is 6.00. The van der Waals surface area contributed by atoms with Crippen molar-refractivity contribution in [2.45, 2.75) is 38.3 Å². The van der Waals surface area contributed by atoms with Crippen molar-refractivity contribution in [2.24, 2.45) is 5.73 Å². The lowest BCUT2D eigenvalue weighted by atomic mass is 9.97. The summed E-state index contributed by atoms with van der Waals surface area (Å²) >= 11 is 0. The van der Waals surface area contributed by atoms with E-state index in [0.29, 0.717) is 10.9 Å². The molecule has 1 aliphatic rings. The summed E-state index contributed by atoms with van der Waals surface area (Å²) in [6, 6.07) is 3.50. The summed E-state index contributed by atoms with van der Waals surface area (Å²) in [4.78, 5) is 27.2. The van der Waals surface area contributed by atoms with Gasteiger partial charge in [0.15, 0.2) is 0 Å². The van der Waals surface area contributed by atoms with Gasteiger partial charge >= 0.3 is 0 Å². The predicted octanol–water partition coefficient (Wildman–Crippen LogP) is 1.34. The highest BCUT2D eigenvalue weighted by Crippen LogP contribution is 2.22. The number of aryl methyl sites for hydroxylation is 1. The molecule has 1 aliphatic heterocycles. The summed E-state index contributed by atoms with van der Waals surface area (Å²) in [6.45, 7) is 2.62. The number of aromatic nitrogens is 1. The smallest absolute Gasteiger partial charge is 0.268 e. The summed E-state index contributed by atoms with van der Waals surface area (Å²) < 4.78 is 13.9. The highest BCUT2D eigenvalue weighted by atomic mass is 19.1. The molecule has 1 aromatic heterocycles. The van der Waals surface area contributed by atoms with Gasteiger partial charge in [0, 0.05) is 11.4 Å². The van der Waals surface area contributed by atoms with Gasteiger partial charge in [0.05, 0.1) is 5.52 Å². The van der Waals surface area contributed by atoms with Crippen LogP contribution in [0.4, 0.5) is 4.39 Å². The van der Waals surface area contributed by atoms with Crippen LogP contribution in [-0.4, -0.2) is 35.4 Å². The van der Waals surface area contributed by atoms with Gasteiger partial charge in [0.2, 0.25) is 5.91 Å². The molecule has 6 nitrogen and oxygen atoms in total. The predicted molar refractivity (Wildman–Crippen MR) is 89.1 cm³/mol. The van der Waals surface area contributed by atoms with E-state index >= 15 is 0 Å². The number of piperidine rings is 1. The third kappa shape index (κ3) is 3.12. The third-order valence-corrected chi connectivity index (χ3v) is 4.54. The molecular weight excluding hydrogens is 311 g/mol. The minimum atomic E-state index is -0.796. The largest absolute Gasteiger partial charge is 0.368 e. The maximum Gasteiger partial charge on any atom is 0.268 e. The molecule has 24 heavy (non-hydrogen) atoms. The standard InChI is InChI=1S/C17H21FN4O2/c1-9-5-6-11(18)10-8-13(21-14(9)10)17(24)22-15(16(19)23)12-4-2-3-7-20-12/h5-6,8,12,15,20-21H,2-4,7H2,1H3,(H2,19,23)(H,22,24). The van der Waals surface area contributed by atoms with Gasteiger partial charge in [0.1, 0.15) is 17.6 Å². The first-order chi connectivity index (χ1) is 11.5. The zero-order valence-corrected chi connectivity index (χ0v) is 13.5. The van der Waals surface area contributed by atoms with Gasteiger partial charge in [0.25, 0.3) is 5.91 Å². The number of rotatable bonds is 4. The van der Waals surface area contributed by atoms with Crippen LogP contribution in [0.25, 0.3) is 10.9 Å². The fourth-order valence-electron chi connectivity index (χ4n) is 3.20. The van der Waals surface area contributed by atoms with Crippen LogP contribution in [-0.2, 0) is 4.79 Å². The van der Waals surface area contributed by atoms with Crippen LogP contribution < -0.4 is 16.4 Å². The zero-order chi connectivity index (χ0) is 17.3. The van der Waals surface area contributed by atoms with Crippen LogP contribution in [0.15, 0.2) is 18.2 Å². The third-order valence-electron chi connectivity index (χ3n) is 4.54. The van der Waals surface area contributed by atoms with Crippen molar-refractivity contribution in [3.8, 4) is 0 Å². The summed E-state index contributed by atoms with van der Waals surface area (Å²) in [5.41, 5.74) is 7.08. The number of H-pyrrole nitrogens is 1. The topological polar surface area (TPSA) is 100 Å². The molecule has 1 fully saturated rings. The number of hydrogen-bond acceptors (Lipinski definition) is 3. The van der Waals surface area contributed by atoms with Crippen molar-refractivity contribution in [1.82, 2.24) is 15.6 Å². The summed E-state index contributed by atoms with van der Waals surface area (Å²) in [5.74, 6) is -1.45. The molecule has 3 rings (SSSR count). The molecule has 2 atom stereocenters. The molecule has 2 heterocycles. The summed E-state index contributed by atoms with van der Waals surface area (Å²) in [5, 5.41) is 6.24. The number of hydrogen-bond donors (Lipinski definition) is 4. The molecule has 1 aromatic carbocycles. The van der Waals surface area contributed by atoms with Gasteiger partial charge in [-0.2, -0.15) is 0 Å². The second-order valence-electron chi connectivity index (χ2n) is 6.25. The first-order valence-corrected chi connectivity index (χ1v) is 8.09. The van der Waals surface area contributed by atoms with Crippen LogP contribution in [0, 0.1) is 12.7 Å². The molecule has 0 aliphatic carbocycles. The molecule has 7 heteroatoms. The highest BCUT2D eigenvalue weighted by Gasteiger charge is 2.30. The maximum atomic E-state index is 13.9. The maximum absolute atomic E-state index is 13.9. The number of fused-ring (bicyclic) bond motifs is 1. The van der Waals surface area contributed by atoms with Gasteiger partial charge in [-0.1, -0.05) is 12.5 Å². The van der Waals surface area contributed by atoms with Crippen LogP contribution in [0.2, 0.25) is 0 Å². The molecule has 2 amide bonds. The Balaban J connectivity index is 1.84. The minimum absolute atomic E-state index is 0.178. The van der Waals surface area contributed by atoms with E-state index in [1.807, 2.05) is 6.92 Å². The SMILES string of the molecule is Cc1ccc(F)c2cc(C(=O)NC(C(N)=O)C3CCCCN3)[nH]c12. The van der Waals surface area contributed by atoms with E-state index in [0.717, 1.165) is 31.4 Å². The molecule has 128 valence electrons. The first-order valence-electron chi connectivity index (χ1n) is 8.09. The van der Waals surface area contributed by atoms with Crippen molar-refractivity contribution in [2.75, 3.05) is 6.54 Å². The monoisotopic (exact) mass is 332 g/mol. The van der Waals surface area contributed by atoms with E-state index in [4.69, 9.17) is 5.73 Å². The fraction of sp³-hybridized carbons (Fsp3) is 0.412. The Morgan fingerprint density at radius 3 is 2.79 bits per heavy atom. The Morgan fingerprint density at radius 2 is 2.17 bits per heavy atom. The zero-order valence-electron chi connectivity index (χ0n) is 13.5. The van der Waals surface area contributed by atoms with Gasteiger partial charge in [-0.05, 0) is 44.0 Å². The van der Waals surface area contributed by atoms with E-state index in [-0.39, 0.29) is 11.7 Å². The van der Waals surface area contributed by atoms with E-state index in [2.05, 4.69) is 15.6 Å². The number of nitrogens with one attached hydrogen (secondary N) is 3. The van der Waals surface area contributed by atoms with Crippen LogP contribution >= 0.6 is 0 Å². The molecule has 0 saturated carbocycles. The van der Waals surface area contributed by atoms with E-state index in [1.54, 1.807) is 6.07 Å². The molecule has 1 saturated heterocycles. The number of primary amides is 1. The van der Waals surface area contributed by atoms with E-state index in [1.165, 1.54) is 12.1 Å². The summed E-state index contributed by atoms with van der Waals surface area (Å²) in [6.07, 6.45) is 2.79. The van der Waals surface area contributed by atoms with Crippen molar-refractivity contribution in [3.05, 3.63) is 35.3 Å². The summed E-state index contributed by atoms with van der Waals surface area (Å²) in [7, 11) is 0. The molecule has 2 aromatic rings. The molecule has 0 radical (unpaired) electrons. The minimum Gasteiger partial charge on any atom is -0.368 e. The Bertz CT molecular complexity index is 741. The number of benzene rings is 1. The molecule has 0 spiro atoms. The molecule has 5 N–H and O–H groups in total. The van der Waals surface area contributed by atoms with Gasteiger partial charge in [-0.3, -0.25) is 9.59 Å². The quantitative estimate of drug-likeness (QED) is 0.680. The average molecular weight is 332 g/mol. The molecular formula is C17H21FN4O2. The Kier molecular flexibility index (Phi) is 4.53. The lowest BCUT2D eigenvalue weighted by molar-refractivity contribution is -0.120. The van der Waals surface area contributed by atoms with Crippen molar-refractivity contribution >= 4 is 22.7 Å². The van der Waals surface area contributed by atoms with Crippen LogP contribution in [0.5, 0.6) is 0 Å². The Morgan fingerprint density at radius 1 is 1.38 bits per heavy atom. The van der Waals surface area contributed by atoms with Crippen LogP contribution in [0.3, 0.4) is 0 Å². The van der Waals surface area contributed by atoms with E-state index < -0.39 is 23.7 Å². The lowest BCUT2D eigenvalue weighted by Gasteiger charge is -2.29. The van der Waals surface area contributed by atoms with Crippen LogP contribution in [0.1, 0.15) is 35.3 Å². The second kappa shape index (κ2) is 6.60. The second-order valence-corrected chi connectivity index (χ2v) is 6.25. The normalized spacial score (nSPS) is 19.2. The Labute approximate surface area is 139 Å². The van der Waals surface area contributed by atoms with Crippen molar-refractivity contribution in [1.29, 1.82) is 0 Å². The lowest BCUT2D eigenvalue weighted by Crippen LogP contribution is -2.57. The van der Waals surface area contributed by atoms with Gasteiger partial charge < -0.3 is 21.4 Å². The molecule has 2 unspecified atom stereocenters. The average Bonchev–Trinajstić information content (AvgIpc) is 3.03. The van der Waals surface area contributed by atoms with Gasteiger partial charge in [-0.25, -0.2) is 4.39 Å². The number of aromatic amines is 1. The van der Waals surface area contributed by atoms with E-state index in [9.17, 15) is 14.0 Å². The first kappa shape index (κ1) is 16.4. The number of carbonyl (C=O) groups is 2. The van der Waals surface area contributed by atoms with Crippen molar-refractivity contribution in [3.63, 3.8) is 0 Å². The van der Waals surface area contributed by atoms with Crippen molar-refractivity contribution < 1.29 is 14.0 Å². The number of halogens is 1.